The van der Waals surface area contributed by atoms with E-state index >= 15 is 0 Å². The number of esters is 1. The minimum atomic E-state index is -0.505. The van der Waals surface area contributed by atoms with E-state index < -0.39 is 11.9 Å². The van der Waals surface area contributed by atoms with Gasteiger partial charge in [0.05, 0.1) is 20.8 Å². The van der Waals surface area contributed by atoms with Crippen LogP contribution < -0.4 is 14.8 Å². The molecule has 0 bridgehead atoms. The van der Waals surface area contributed by atoms with Crippen LogP contribution in [0.15, 0.2) is 53.9 Å². The van der Waals surface area contributed by atoms with Gasteiger partial charge in [-0.1, -0.05) is 23.7 Å². The molecular weight excluding hydrogens is 450 g/mol. The molecule has 0 aliphatic heterocycles. The molecule has 3 aromatic rings. The van der Waals surface area contributed by atoms with Crippen LogP contribution in [0.25, 0.3) is 17.2 Å². The number of thiophene rings is 1. The Morgan fingerprint density at radius 3 is 2.50 bits per heavy atom. The molecule has 0 unspecified atom stereocenters. The van der Waals surface area contributed by atoms with Crippen molar-refractivity contribution in [2.24, 2.45) is 0 Å². The van der Waals surface area contributed by atoms with E-state index in [0.717, 1.165) is 5.56 Å². The highest BCUT2D eigenvalue weighted by atomic mass is 35.5. The van der Waals surface area contributed by atoms with Crippen molar-refractivity contribution in [1.29, 1.82) is 0 Å². The van der Waals surface area contributed by atoms with Gasteiger partial charge in [-0.2, -0.15) is 0 Å². The van der Waals surface area contributed by atoms with Crippen LogP contribution in [0.4, 0.5) is 5.00 Å². The van der Waals surface area contributed by atoms with E-state index in [1.165, 1.54) is 17.4 Å². The molecule has 0 atom stereocenters. The summed E-state index contributed by atoms with van der Waals surface area (Å²) >= 11 is 7.23. The second-order valence-electron chi connectivity index (χ2n) is 6.51. The van der Waals surface area contributed by atoms with Gasteiger partial charge in [-0.05, 0) is 42.8 Å². The fraction of sp³-hybridized carbons (Fsp3) is 0.167. The molecule has 0 aliphatic rings. The molecule has 0 saturated carbocycles. The predicted molar refractivity (Wildman–Crippen MR) is 128 cm³/mol. The van der Waals surface area contributed by atoms with E-state index in [1.54, 1.807) is 62.9 Å². The first-order valence-corrected chi connectivity index (χ1v) is 11.0. The smallest absolute Gasteiger partial charge is 0.341 e. The Balaban J connectivity index is 1.86. The van der Waals surface area contributed by atoms with Crippen molar-refractivity contribution in [1.82, 2.24) is 0 Å². The molecule has 3 rings (SSSR count). The maximum atomic E-state index is 12.7. The fourth-order valence-corrected chi connectivity index (χ4v) is 4.06. The van der Waals surface area contributed by atoms with Crippen LogP contribution >= 0.6 is 22.9 Å². The molecule has 0 radical (unpaired) electrons. The number of ether oxygens (including phenoxy) is 3. The lowest BCUT2D eigenvalue weighted by molar-refractivity contribution is -0.111. The lowest BCUT2D eigenvalue weighted by atomic mass is 10.0. The van der Waals surface area contributed by atoms with Crippen LogP contribution in [-0.2, 0) is 9.53 Å². The summed E-state index contributed by atoms with van der Waals surface area (Å²) in [5, 5.41) is 5.59. The van der Waals surface area contributed by atoms with Crippen molar-refractivity contribution in [3.05, 3.63) is 70.1 Å². The van der Waals surface area contributed by atoms with E-state index in [9.17, 15) is 9.59 Å². The third-order valence-corrected chi connectivity index (χ3v) is 5.66. The quantitative estimate of drug-likeness (QED) is 0.326. The van der Waals surface area contributed by atoms with Gasteiger partial charge in [0.25, 0.3) is 0 Å². The molecule has 1 N–H and O–H groups in total. The largest absolute Gasteiger partial charge is 0.497 e. The minimum Gasteiger partial charge on any atom is -0.497 e. The normalized spacial score (nSPS) is 10.8. The Hall–Kier alpha value is -3.29. The van der Waals surface area contributed by atoms with Crippen molar-refractivity contribution < 1.29 is 23.8 Å². The Bertz CT molecular complexity index is 1140. The van der Waals surface area contributed by atoms with E-state index in [4.69, 9.17) is 25.8 Å². The number of nitrogens with one attached hydrogen (secondary N) is 1. The number of methoxy groups -OCH3 is 2. The molecule has 0 saturated heterocycles. The maximum Gasteiger partial charge on any atom is 0.341 e. The molecule has 0 spiro atoms. The molecule has 32 heavy (non-hydrogen) atoms. The highest BCUT2D eigenvalue weighted by molar-refractivity contribution is 7.15. The summed E-state index contributed by atoms with van der Waals surface area (Å²) in [6, 6.07) is 12.4. The molecule has 2 aromatic carbocycles. The van der Waals surface area contributed by atoms with Crippen LogP contribution in [0.2, 0.25) is 5.02 Å². The van der Waals surface area contributed by atoms with Crippen molar-refractivity contribution >= 4 is 45.9 Å². The summed E-state index contributed by atoms with van der Waals surface area (Å²) in [7, 11) is 3.11. The summed E-state index contributed by atoms with van der Waals surface area (Å²) in [6.07, 6.45) is 3.01. The highest BCUT2D eigenvalue weighted by Crippen LogP contribution is 2.36. The highest BCUT2D eigenvalue weighted by Gasteiger charge is 2.22. The van der Waals surface area contributed by atoms with Gasteiger partial charge in [0.15, 0.2) is 0 Å². The van der Waals surface area contributed by atoms with Crippen molar-refractivity contribution in [3.63, 3.8) is 0 Å². The molecule has 166 valence electrons. The van der Waals surface area contributed by atoms with Gasteiger partial charge >= 0.3 is 5.97 Å². The third kappa shape index (κ3) is 5.49. The number of benzene rings is 2. The second kappa shape index (κ2) is 10.8. The SMILES string of the molecule is CCOC(=O)c1c(-c2ccc(Cl)cc2)csc1NC(=O)/C=C/c1ccc(OC)cc1OC. The number of anilines is 1. The molecule has 0 aliphatic carbocycles. The molecule has 1 heterocycles. The predicted octanol–water partition coefficient (Wildman–Crippen LogP) is 5.91. The van der Waals surface area contributed by atoms with E-state index in [0.29, 0.717) is 38.2 Å². The van der Waals surface area contributed by atoms with Crippen molar-refractivity contribution in [3.8, 4) is 22.6 Å². The molecule has 1 amide bonds. The van der Waals surface area contributed by atoms with Crippen LogP contribution in [0.1, 0.15) is 22.8 Å². The van der Waals surface area contributed by atoms with Gasteiger partial charge < -0.3 is 19.5 Å². The van der Waals surface area contributed by atoms with Gasteiger partial charge in [-0.15, -0.1) is 11.3 Å². The summed E-state index contributed by atoms with van der Waals surface area (Å²) < 4.78 is 15.7. The van der Waals surface area contributed by atoms with Crippen LogP contribution in [-0.4, -0.2) is 32.7 Å². The summed E-state index contributed by atoms with van der Waals surface area (Å²) in [5.74, 6) is 0.324. The number of carbonyl (C=O) groups excluding carboxylic acids is 2. The van der Waals surface area contributed by atoms with Gasteiger partial charge in [0, 0.05) is 33.7 Å². The average Bonchev–Trinajstić information content (AvgIpc) is 3.21. The number of hydrogen-bond acceptors (Lipinski definition) is 6. The van der Waals surface area contributed by atoms with Crippen molar-refractivity contribution in [2.45, 2.75) is 6.92 Å². The Kier molecular flexibility index (Phi) is 7.92. The molecular formula is C24H22ClNO5S. The lowest BCUT2D eigenvalue weighted by Crippen LogP contribution is -2.12. The minimum absolute atomic E-state index is 0.222. The van der Waals surface area contributed by atoms with Crippen LogP contribution in [0, 0.1) is 0 Å². The van der Waals surface area contributed by atoms with Gasteiger partial charge in [0.2, 0.25) is 5.91 Å². The van der Waals surface area contributed by atoms with E-state index in [2.05, 4.69) is 5.32 Å². The fourth-order valence-electron chi connectivity index (χ4n) is 2.97. The molecule has 8 heteroatoms. The Morgan fingerprint density at radius 1 is 1.09 bits per heavy atom. The van der Waals surface area contributed by atoms with Gasteiger partial charge in [0.1, 0.15) is 22.1 Å². The average molecular weight is 472 g/mol. The first kappa shape index (κ1) is 23.4. The Morgan fingerprint density at radius 2 is 1.84 bits per heavy atom. The number of hydrogen-bond donors (Lipinski definition) is 1. The summed E-state index contributed by atoms with van der Waals surface area (Å²) in [5.41, 5.74) is 2.49. The third-order valence-electron chi connectivity index (χ3n) is 4.52. The maximum absolute atomic E-state index is 12.7. The van der Waals surface area contributed by atoms with E-state index in [-0.39, 0.29) is 6.61 Å². The topological polar surface area (TPSA) is 73.9 Å². The van der Waals surface area contributed by atoms with Gasteiger partial charge in [-0.25, -0.2) is 4.79 Å². The van der Waals surface area contributed by atoms with E-state index in [1.807, 2.05) is 12.1 Å². The second-order valence-corrected chi connectivity index (χ2v) is 7.83. The molecule has 1 aromatic heterocycles. The van der Waals surface area contributed by atoms with Gasteiger partial charge in [-0.3, -0.25) is 4.79 Å². The monoisotopic (exact) mass is 471 g/mol. The first-order valence-electron chi connectivity index (χ1n) is 9.72. The number of halogens is 1. The zero-order valence-electron chi connectivity index (χ0n) is 17.8. The lowest BCUT2D eigenvalue weighted by Gasteiger charge is -2.08. The van der Waals surface area contributed by atoms with Crippen LogP contribution in [0.3, 0.4) is 0 Å². The van der Waals surface area contributed by atoms with Crippen LogP contribution in [0.5, 0.6) is 11.5 Å². The first-order chi connectivity index (χ1) is 15.5. The standard InChI is InChI=1S/C24H22ClNO5S/c1-4-31-24(28)22-19(15-5-9-17(25)10-6-15)14-32-23(22)26-21(27)12-8-16-7-11-18(29-2)13-20(16)30-3/h5-14H,4H2,1-3H3,(H,26,27)/b12-8+. The molecule has 6 nitrogen and oxygen atoms in total. The number of carbonyl (C=O) groups is 2. The van der Waals surface area contributed by atoms with Crippen molar-refractivity contribution in [2.75, 3.05) is 26.1 Å². The number of amides is 1. The summed E-state index contributed by atoms with van der Waals surface area (Å²) in [6.45, 7) is 1.95. The number of rotatable bonds is 8. The molecule has 0 fully saturated rings. The zero-order valence-corrected chi connectivity index (χ0v) is 19.4. The zero-order chi connectivity index (χ0) is 23.1. The Labute approximate surface area is 195 Å². The summed E-state index contributed by atoms with van der Waals surface area (Å²) in [4.78, 5) is 25.3.